The fourth-order valence-corrected chi connectivity index (χ4v) is 4.01. The minimum atomic E-state index is 0.0484. The van der Waals surface area contributed by atoms with Crippen LogP contribution in [0.1, 0.15) is 16.7 Å². The van der Waals surface area contributed by atoms with E-state index in [9.17, 15) is 4.79 Å². The summed E-state index contributed by atoms with van der Waals surface area (Å²) in [6.45, 7) is 4.67. The first-order valence-corrected chi connectivity index (χ1v) is 9.72. The van der Waals surface area contributed by atoms with Gasteiger partial charge in [-0.1, -0.05) is 30.0 Å². The van der Waals surface area contributed by atoms with Crippen LogP contribution in [0.4, 0.5) is 0 Å². The van der Waals surface area contributed by atoms with Gasteiger partial charge in [0, 0.05) is 13.6 Å². The monoisotopic (exact) mass is 373 g/mol. The van der Waals surface area contributed by atoms with Gasteiger partial charge in [-0.25, -0.2) is 0 Å². The van der Waals surface area contributed by atoms with Crippen LogP contribution in [0.2, 0.25) is 0 Å². The van der Waals surface area contributed by atoms with Gasteiger partial charge in [0.1, 0.15) is 0 Å². The number of para-hydroxylation sites is 1. The highest BCUT2D eigenvalue weighted by atomic mass is 32.2. The second kappa shape index (κ2) is 7.79. The Balaban J connectivity index is 1.68. The number of rotatable bonds is 6. The number of thioether (sulfide) groups is 1. The third-order valence-corrected chi connectivity index (χ3v) is 5.48. The maximum absolute atomic E-state index is 12.4. The third-order valence-electron chi connectivity index (χ3n) is 3.84. The van der Waals surface area contributed by atoms with E-state index in [1.165, 1.54) is 11.8 Å². The SMILES string of the molecule is Cc1cccc(C)c1-n1nnnc1SCC(=O)N(C)Cc1ccsc1. The molecule has 25 heavy (non-hydrogen) atoms. The number of carbonyl (C=O) groups is 1. The molecule has 0 fully saturated rings. The summed E-state index contributed by atoms with van der Waals surface area (Å²) in [5.41, 5.74) is 4.30. The van der Waals surface area contributed by atoms with Crippen molar-refractivity contribution >= 4 is 29.0 Å². The second-order valence-electron chi connectivity index (χ2n) is 5.78. The first-order chi connectivity index (χ1) is 12.1. The number of carbonyl (C=O) groups excluding carboxylic acids is 1. The van der Waals surface area contributed by atoms with Crippen molar-refractivity contribution in [3.8, 4) is 5.69 Å². The van der Waals surface area contributed by atoms with E-state index < -0.39 is 0 Å². The highest BCUT2D eigenvalue weighted by Crippen LogP contribution is 2.23. The van der Waals surface area contributed by atoms with Crippen molar-refractivity contribution < 1.29 is 4.79 Å². The van der Waals surface area contributed by atoms with E-state index in [-0.39, 0.29) is 5.91 Å². The second-order valence-corrected chi connectivity index (χ2v) is 7.51. The van der Waals surface area contributed by atoms with Crippen LogP contribution in [0.5, 0.6) is 0 Å². The first kappa shape index (κ1) is 17.6. The van der Waals surface area contributed by atoms with Gasteiger partial charge in [0.15, 0.2) is 0 Å². The molecule has 0 N–H and O–H groups in total. The number of amides is 1. The lowest BCUT2D eigenvalue weighted by Crippen LogP contribution is -2.27. The highest BCUT2D eigenvalue weighted by molar-refractivity contribution is 7.99. The number of hydrogen-bond acceptors (Lipinski definition) is 6. The molecule has 2 aromatic heterocycles. The van der Waals surface area contributed by atoms with Gasteiger partial charge >= 0.3 is 0 Å². The number of hydrogen-bond donors (Lipinski definition) is 0. The lowest BCUT2D eigenvalue weighted by Gasteiger charge is -2.16. The van der Waals surface area contributed by atoms with E-state index >= 15 is 0 Å². The lowest BCUT2D eigenvalue weighted by atomic mass is 10.1. The summed E-state index contributed by atoms with van der Waals surface area (Å²) in [6.07, 6.45) is 0. The minimum absolute atomic E-state index is 0.0484. The molecule has 6 nitrogen and oxygen atoms in total. The topological polar surface area (TPSA) is 63.9 Å². The van der Waals surface area contributed by atoms with Crippen molar-refractivity contribution in [1.82, 2.24) is 25.1 Å². The van der Waals surface area contributed by atoms with Crippen molar-refractivity contribution in [3.05, 3.63) is 51.7 Å². The summed E-state index contributed by atoms with van der Waals surface area (Å²) in [4.78, 5) is 14.1. The highest BCUT2D eigenvalue weighted by Gasteiger charge is 2.16. The molecule has 130 valence electrons. The van der Waals surface area contributed by atoms with Gasteiger partial charge in [-0.05, 0) is 57.8 Å². The molecule has 1 amide bonds. The Labute approximate surface area is 154 Å². The van der Waals surface area contributed by atoms with Crippen molar-refractivity contribution in [2.24, 2.45) is 0 Å². The summed E-state index contributed by atoms with van der Waals surface area (Å²) >= 11 is 2.99. The summed E-state index contributed by atoms with van der Waals surface area (Å²) in [6, 6.07) is 8.09. The van der Waals surface area contributed by atoms with Crippen molar-refractivity contribution in [1.29, 1.82) is 0 Å². The molecule has 2 heterocycles. The maximum atomic E-state index is 12.4. The summed E-state index contributed by atoms with van der Waals surface area (Å²) in [5, 5.41) is 16.7. The normalized spacial score (nSPS) is 10.8. The van der Waals surface area contributed by atoms with E-state index in [1.807, 2.05) is 50.5 Å². The number of aromatic nitrogens is 4. The van der Waals surface area contributed by atoms with Crippen LogP contribution in [0.3, 0.4) is 0 Å². The van der Waals surface area contributed by atoms with Crippen LogP contribution < -0.4 is 0 Å². The average molecular weight is 374 g/mol. The number of nitrogens with zero attached hydrogens (tertiary/aromatic N) is 5. The molecule has 8 heteroatoms. The molecule has 0 saturated carbocycles. The Morgan fingerprint density at radius 3 is 2.72 bits per heavy atom. The molecule has 3 aromatic rings. The predicted molar refractivity (Wildman–Crippen MR) is 100 cm³/mol. The molecule has 0 atom stereocenters. The maximum Gasteiger partial charge on any atom is 0.233 e. The zero-order valence-corrected chi connectivity index (χ0v) is 16.0. The summed E-state index contributed by atoms with van der Waals surface area (Å²) in [7, 11) is 1.81. The number of thiophene rings is 1. The van der Waals surface area contributed by atoms with Gasteiger partial charge in [-0.15, -0.1) is 5.10 Å². The van der Waals surface area contributed by atoms with Gasteiger partial charge in [-0.3, -0.25) is 4.79 Å². The van der Waals surface area contributed by atoms with E-state index in [0.717, 1.165) is 22.4 Å². The van der Waals surface area contributed by atoms with Crippen LogP contribution in [0.15, 0.2) is 40.2 Å². The zero-order valence-electron chi connectivity index (χ0n) is 14.3. The van der Waals surface area contributed by atoms with E-state index in [4.69, 9.17) is 0 Å². The van der Waals surface area contributed by atoms with E-state index in [2.05, 4.69) is 20.9 Å². The molecule has 0 aliphatic carbocycles. The molecule has 0 spiro atoms. The number of benzene rings is 1. The van der Waals surface area contributed by atoms with Gasteiger partial charge in [-0.2, -0.15) is 16.0 Å². The van der Waals surface area contributed by atoms with Crippen LogP contribution in [-0.2, 0) is 11.3 Å². The quantitative estimate of drug-likeness (QED) is 0.621. The molecule has 0 unspecified atom stereocenters. The predicted octanol–water partition coefficient (Wildman–Crippen LogP) is 3.09. The van der Waals surface area contributed by atoms with Crippen LogP contribution in [0, 0.1) is 13.8 Å². The first-order valence-electron chi connectivity index (χ1n) is 7.79. The summed E-state index contributed by atoms with van der Waals surface area (Å²) in [5.74, 6) is 0.346. The van der Waals surface area contributed by atoms with Gasteiger partial charge in [0.05, 0.1) is 11.4 Å². The number of aryl methyl sites for hydroxylation is 2. The van der Waals surface area contributed by atoms with Crippen LogP contribution in [0.25, 0.3) is 5.69 Å². The molecule has 1 aromatic carbocycles. The molecule has 0 saturated heterocycles. The largest absolute Gasteiger partial charge is 0.341 e. The Kier molecular flexibility index (Phi) is 5.50. The summed E-state index contributed by atoms with van der Waals surface area (Å²) < 4.78 is 1.71. The van der Waals surface area contributed by atoms with E-state index in [0.29, 0.717) is 17.5 Å². The Bertz CT molecular complexity index is 840. The van der Waals surface area contributed by atoms with Crippen molar-refractivity contribution in [3.63, 3.8) is 0 Å². The Hall–Kier alpha value is -2.19. The van der Waals surface area contributed by atoms with Crippen molar-refractivity contribution in [2.45, 2.75) is 25.5 Å². The Morgan fingerprint density at radius 1 is 1.28 bits per heavy atom. The molecule has 3 rings (SSSR count). The fourth-order valence-electron chi connectivity index (χ4n) is 2.53. The molecular weight excluding hydrogens is 354 g/mol. The molecular formula is C17H19N5OS2. The van der Waals surface area contributed by atoms with Crippen LogP contribution >= 0.6 is 23.1 Å². The van der Waals surface area contributed by atoms with E-state index in [1.54, 1.807) is 20.9 Å². The fraction of sp³-hybridized carbons (Fsp3) is 0.294. The molecule has 0 bridgehead atoms. The third kappa shape index (κ3) is 4.08. The standard InChI is InChI=1S/C17H19N5OS2/c1-12-5-4-6-13(2)16(12)22-17(18-19-20-22)25-11-15(23)21(3)9-14-7-8-24-10-14/h4-8,10H,9,11H2,1-3H3. The van der Waals surface area contributed by atoms with Gasteiger partial charge in [0.2, 0.25) is 11.1 Å². The van der Waals surface area contributed by atoms with Crippen LogP contribution in [-0.4, -0.2) is 43.8 Å². The smallest absolute Gasteiger partial charge is 0.233 e. The minimum Gasteiger partial charge on any atom is -0.341 e. The van der Waals surface area contributed by atoms with Gasteiger partial charge in [0.25, 0.3) is 0 Å². The molecule has 0 aliphatic rings. The average Bonchev–Trinajstić information content (AvgIpc) is 3.24. The lowest BCUT2D eigenvalue weighted by molar-refractivity contribution is -0.127. The molecule has 0 radical (unpaired) electrons. The van der Waals surface area contributed by atoms with Crippen molar-refractivity contribution in [2.75, 3.05) is 12.8 Å². The molecule has 0 aliphatic heterocycles. The number of tetrazole rings is 1. The van der Waals surface area contributed by atoms with Gasteiger partial charge < -0.3 is 4.90 Å². The zero-order chi connectivity index (χ0) is 17.8. The Morgan fingerprint density at radius 2 is 2.04 bits per heavy atom.